The molecule has 1 aliphatic heterocycles. The van der Waals surface area contributed by atoms with Gasteiger partial charge in [0.2, 0.25) is 0 Å². The number of nitrogens with two attached hydrogens (primary N) is 1. The summed E-state index contributed by atoms with van der Waals surface area (Å²) in [5.74, 6) is 0.454. The molecule has 1 unspecified atom stereocenters. The first-order valence-corrected chi connectivity index (χ1v) is 8.85. The van der Waals surface area contributed by atoms with Crippen LogP contribution >= 0.6 is 0 Å². The van der Waals surface area contributed by atoms with Gasteiger partial charge in [-0.3, -0.25) is 4.90 Å². The molecule has 6 nitrogen and oxygen atoms in total. The Kier molecular flexibility index (Phi) is 6.13. The van der Waals surface area contributed by atoms with Gasteiger partial charge in [0.15, 0.2) is 0 Å². The van der Waals surface area contributed by atoms with E-state index in [0.717, 1.165) is 32.5 Å². The van der Waals surface area contributed by atoms with Crippen LogP contribution in [0.5, 0.6) is 5.75 Å². The van der Waals surface area contributed by atoms with Crippen molar-refractivity contribution in [1.82, 2.24) is 9.62 Å². The molecule has 0 radical (unpaired) electrons. The fraction of sp³-hybridized carbons (Fsp3) is 0.571. The average Bonchev–Trinajstić information content (AvgIpc) is 2.45. The minimum Gasteiger partial charge on any atom is -0.492 e. The number of rotatable bonds is 7. The molecule has 8 heteroatoms. The highest BCUT2D eigenvalue weighted by Gasteiger charge is 2.20. The molecule has 1 aliphatic rings. The molecule has 0 amide bonds. The van der Waals surface area contributed by atoms with Gasteiger partial charge in [0.05, 0.1) is 0 Å². The highest BCUT2D eigenvalue weighted by Crippen LogP contribution is 2.16. The quantitative estimate of drug-likeness (QED) is 0.771. The molecule has 124 valence electrons. The fourth-order valence-electron chi connectivity index (χ4n) is 2.60. The van der Waals surface area contributed by atoms with E-state index in [1.54, 1.807) is 12.1 Å². The Balaban J connectivity index is 1.71. The summed E-state index contributed by atoms with van der Waals surface area (Å²) in [7, 11) is -3.63. The highest BCUT2D eigenvalue weighted by molar-refractivity contribution is 7.87. The molecule has 0 bridgehead atoms. The molecule has 0 aliphatic carbocycles. The van der Waals surface area contributed by atoms with Crippen molar-refractivity contribution in [2.45, 2.75) is 12.8 Å². The van der Waals surface area contributed by atoms with Crippen molar-refractivity contribution in [3.8, 4) is 5.75 Å². The standard InChI is InChI=1S/C14H22FN3O3S/c15-13-4-1-5-14(9-13)21-8-7-18-6-2-3-12(11-18)10-17-22(16,19)20/h1,4-5,9,12,17H,2-3,6-8,10-11H2,(H2,16,19,20). The number of benzene rings is 1. The van der Waals surface area contributed by atoms with E-state index in [2.05, 4.69) is 9.62 Å². The zero-order chi connectivity index (χ0) is 16.0. The third-order valence-corrected chi connectivity index (χ3v) is 4.22. The fourth-order valence-corrected chi connectivity index (χ4v) is 3.07. The Morgan fingerprint density at radius 3 is 3.00 bits per heavy atom. The normalized spacial score (nSPS) is 20.0. The predicted octanol–water partition coefficient (Wildman–Crippen LogP) is 0.710. The second-order valence-corrected chi connectivity index (χ2v) is 6.89. The second-order valence-electron chi connectivity index (χ2n) is 5.51. The molecule has 1 fully saturated rings. The first kappa shape index (κ1) is 17.1. The maximum absolute atomic E-state index is 13.0. The van der Waals surface area contributed by atoms with Crippen molar-refractivity contribution in [1.29, 1.82) is 0 Å². The summed E-state index contributed by atoms with van der Waals surface area (Å²) in [6.07, 6.45) is 1.99. The summed E-state index contributed by atoms with van der Waals surface area (Å²) in [4.78, 5) is 2.22. The van der Waals surface area contributed by atoms with Gasteiger partial charge >= 0.3 is 0 Å². The summed E-state index contributed by atoms with van der Waals surface area (Å²) in [6, 6.07) is 6.06. The van der Waals surface area contributed by atoms with Gasteiger partial charge in [-0.05, 0) is 37.4 Å². The molecule has 3 N–H and O–H groups in total. The van der Waals surface area contributed by atoms with Gasteiger partial charge in [-0.2, -0.15) is 8.42 Å². The van der Waals surface area contributed by atoms with Crippen LogP contribution in [-0.2, 0) is 10.2 Å². The number of hydrogen-bond acceptors (Lipinski definition) is 4. The van der Waals surface area contributed by atoms with E-state index < -0.39 is 10.2 Å². The van der Waals surface area contributed by atoms with E-state index in [1.165, 1.54) is 12.1 Å². The minimum absolute atomic E-state index is 0.251. The number of piperidine rings is 1. The van der Waals surface area contributed by atoms with Crippen molar-refractivity contribution < 1.29 is 17.5 Å². The zero-order valence-corrected chi connectivity index (χ0v) is 13.2. The van der Waals surface area contributed by atoms with Gasteiger partial charge < -0.3 is 4.74 Å². The highest BCUT2D eigenvalue weighted by atomic mass is 32.2. The van der Waals surface area contributed by atoms with E-state index in [9.17, 15) is 12.8 Å². The van der Waals surface area contributed by atoms with Crippen LogP contribution in [-0.4, -0.2) is 46.1 Å². The lowest BCUT2D eigenvalue weighted by Gasteiger charge is -2.32. The predicted molar refractivity (Wildman–Crippen MR) is 82.2 cm³/mol. The van der Waals surface area contributed by atoms with Crippen LogP contribution < -0.4 is 14.6 Å². The van der Waals surface area contributed by atoms with Crippen LogP contribution in [0.4, 0.5) is 4.39 Å². The lowest BCUT2D eigenvalue weighted by Crippen LogP contribution is -2.43. The van der Waals surface area contributed by atoms with Crippen LogP contribution in [0, 0.1) is 11.7 Å². The van der Waals surface area contributed by atoms with E-state index in [0.29, 0.717) is 18.9 Å². The van der Waals surface area contributed by atoms with E-state index in [4.69, 9.17) is 9.88 Å². The molecule has 1 atom stereocenters. The molecule has 2 rings (SSSR count). The van der Waals surface area contributed by atoms with Crippen molar-refractivity contribution in [2.75, 3.05) is 32.8 Å². The van der Waals surface area contributed by atoms with E-state index in [-0.39, 0.29) is 11.7 Å². The molecule has 0 spiro atoms. The summed E-state index contributed by atoms with van der Waals surface area (Å²) >= 11 is 0. The molecule has 0 saturated carbocycles. The smallest absolute Gasteiger partial charge is 0.274 e. The largest absolute Gasteiger partial charge is 0.492 e. The molecule has 22 heavy (non-hydrogen) atoms. The lowest BCUT2D eigenvalue weighted by molar-refractivity contribution is 0.148. The van der Waals surface area contributed by atoms with Crippen molar-refractivity contribution >= 4 is 10.2 Å². The number of hydrogen-bond donors (Lipinski definition) is 2. The zero-order valence-electron chi connectivity index (χ0n) is 12.4. The molecule has 0 aromatic heterocycles. The molecule has 1 saturated heterocycles. The minimum atomic E-state index is -3.63. The Labute approximate surface area is 130 Å². The first-order chi connectivity index (χ1) is 10.4. The van der Waals surface area contributed by atoms with Gasteiger partial charge in [0.1, 0.15) is 18.2 Å². The van der Waals surface area contributed by atoms with E-state index in [1.807, 2.05) is 0 Å². The maximum atomic E-state index is 13.0. The Bertz CT molecular complexity index is 582. The topological polar surface area (TPSA) is 84.7 Å². The number of nitrogens with one attached hydrogen (secondary N) is 1. The Morgan fingerprint density at radius 2 is 2.27 bits per heavy atom. The van der Waals surface area contributed by atoms with E-state index >= 15 is 0 Å². The SMILES string of the molecule is NS(=O)(=O)NCC1CCCN(CCOc2cccc(F)c2)C1. The molecule has 1 heterocycles. The van der Waals surface area contributed by atoms with Crippen LogP contribution in [0.3, 0.4) is 0 Å². The third kappa shape index (κ3) is 6.27. The van der Waals surface area contributed by atoms with Gasteiger partial charge in [-0.25, -0.2) is 14.3 Å². The second kappa shape index (κ2) is 7.87. The summed E-state index contributed by atoms with van der Waals surface area (Å²) in [5, 5.41) is 4.94. The number of likely N-dealkylation sites (tertiary alicyclic amines) is 1. The van der Waals surface area contributed by atoms with Crippen LogP contribution in [0.2, 0.25) is 0 Å². The monoisotopic (exact) mass is 331 g/mol. The third-order valence-electron chi connectivity index (χ3n) is 3.65. The van der Waals surface area contributed by atoms with Crippen molar-refractivity contribution in [3.05, 3.63) is 30.1 Å². The summed E-state index contributed by atoms with van der Waals surface area (Å²) in [6.45, 7) is 3.31. The first-order valence-electron chi connectivity index (χ1n) is 7.30. The Morgan fingerprint density at radius 1 is 1.45 bits per heavy atom. The van der Waals surface area contributed by atoms with Crippen LogP contribution in [0.25, 0.3) is 0 Å². The molecule has 1 aromatic carbocycles. The van der Waals surface area contributed by atoms with Crippen molar-refractivity contribution in [3.63, 3.8) is 0 Å². The summed E-state index contributed by atoms with van der Waals surface area (Å²) in [5.41, 5.74) is 0. The molecule has 1 aromatic rings. The molecular weight excluding hydrogens is 309 g/mol. The average molecular weight is 331 g/mol. The van der Waals surface area contributed by atoms with Crippen molar-refractivity contribution in [2.24, 2.45) is 11.1 Å². The van der Waals surface area contributed by atoms with Gasteiger partial charge in [0, 0.05) is 25.7 Å². The summed E-state index contributed by atoms with van der Waals surface area (Å²) < 4.78 is 42.7. The number of halogens is 1. The molecular formula is C14H22FN3O3S. The number of nitrogens with zero attached hydrogens (tertiary/aromatic N) is 1. The van der Waals surface area contributed by atoms with Crippen LogP contribution in [0.15, 0.2) is 24.3 Å². The number of ether oxygens (including phenoxy) is 1. The Hall–Kier alpha value is -1.22. The van der Waals surface area contributed by atoms with Gasteiger partial charge in [0.25, 0.3) is 10.2 Å². The van der Waals surface area contributed by atoms with Gasteiger partial charge in [-0.1, -0.05) is 6.07 Å². The van der Waals surface area contributed by atoms with Gasteiger partial charge in [-0.15, -0.1) is 0 Å². The van der Waals surface area contributed by atoms with Crippen LogP contribution in [0.1, 0.15) is 12.8 Å². The maximum Gasteiger partial charge on any atom is 0.274 e. The lowest BCUT2D eigenvalue weighted by atomic mass is 9.98.